The molecule has 12 heavy (non-hydrogen) atoms. The van der Waals surface area contributed by atoms with Gasteiger partial charge in [-0.05, 0) is 26.2 Å². The highest BCUT2D eigenvalue weighted by atomic mass is 16.5. The highest BCUT2D eigenvalue weighted by Gasteiger charge is 2.03. The van der Waals surface area contributed by atoms with Gasteiger partial charge in [0.2, 0.25) is 0 Å². The van der Waals surface area contributed by atoms with Gasteiger partial charge in [0.05, 0.1) is 0 Å². The molecule has 0 bridgehead atoms. The molecule has 0 aliphatic carbocycles. The molecule has 0 aromatic carbocycles. The normalized spacial score (nSPS) is 12.8. The Bertz CT molecular complexity index is 107. The van der Waals surface area contributed by atoms with Crippen LogP contribution in [0.4, 0.5) is 0 Å². The lowest BCUT2D eigenvalue weighted by molar-refractivity contribution is 0.135. The van der Waals surface area contributed by atoms with Crippen LogP contribution < -0.4 is 11.3 Å². The third-order valence-corrected chi connectivity index (χ3v) is 1.77. The summed E-state index contributed by atoms with van der Waals surface area (Å²) in [5.74, 6) is 5.36. The van der Waals surface area contributed by atoms with Gasteiger partial charge in [-0.2, -0.15) is 0 Å². The number of nitrogens with two attached hydrogens (primary N) is 1. The van der Waals surface area contributed by atoms with Crippen LogP contribution in [-0.4, -0.2) is 19.3 Å². The van der Waals surface area contributed by atoms with Crippen LogP contribution in [0.1, 0.15) is 26.2 Å². The molecule has 3 nitrogen and oxygen atoms in total. The van der Waals surface area contributed by atoms with Crippen LogP contribution in [0.3, 0.4) is 0 Å². The first-order valence-electron chi connectivity index (χ1n) is 4.49. The largest absolute Gasteiger partial charge is 0.382 e. The Morgan fingerprint density at radius 3 is 2.83 bits per heavy atom. The van der Waals surface area contributed by atoms with E-state index in [2.05, 4.69) is 12.0 Å². The maximum absolute atomic E-state index is 5.36. The van der Waals surface area contributed by atoms with Gasteiger partial charge in [0.1, 0.15) is 0 Å². The zero-order chi connectivity index (χ0) is 9.23. The quantitative estimate of drug-likeness (QED) is 0.250. The predicted octanol–water partition coefficient (Wildman–Crippen LogP) is 1.21. The first kappa shape index (κ1) is 11.6. The van der Waals surface area contributed by atoms with Crippen molar-refractivity contribution in [3.05, 3.63) is 12.7 Å². The molecule has 0 saturated carbocycles. The molecule has 0 amide bonds. The van der Waals surface area contributed by atoms with Crippen LogP contribution in [0.2, 0.25) is 0 Å². The van der Waals surface area contributed by atoms with Gasteiger partial charge >= 0.3 is 0 Å². The molecule has 0 aliphatic rings. The Kier molecular flexibility index (Phi) is 8.44. The number of hydrazine groups is 1. The summed E-state index contributed by atoms with van der Waals surface area (Å²) in [6, 6.07) is 0.356. The molecule has 0 fully saturated rings. The molecule has 1 unspecified atom stereocenters. The van der Waals surface area contributed by atoms with Crippen molar-refractivity contribution in [2.24, 2.45) is 5.84 Å². The second kappa shape index (κ2) is 8.71. The Labute approximate surface area is 74.9 Å². The third kappa shape index (κ3) is 6.34. The van der Waals surface area contributed by atoms with Crippen molar-refractivity contribution in [3.63, 3.8) is 0 Å². The van der Waals surface area contributed by atoms with Crippen molar-refractivity contribution in [2.45, 2.75) is 32.2 Å². The standard InChI is InChI=1S/C9H20N2O/c1-3-5-6-9(11-10)7-8-12-4-2/h3,9,11H,1,4-8,10H2,2H3. The van der Waals surface area contributed by atoms with Crippen LogP contribution in [0.5, 0.6) is 0 Å². The second-order valence-electron chi connectivity index (χ2n) is 2.72. The van der Waals surface area contributed by atoms with Crippen molar-refractivity contribution < 1.29 is 4.74 Å². The fraction of sp³-hybridized carbons (Fsp3) is 0.778. The van der Waals surface area contributed by atoms with E-state index in [1.165, 1.54) is 0 Å². The average Bonchev–Trinajstić information content (AvgIpc) is 2.11. The maximum Gasteiger partial charge on any atom is 0.0481 e. The summed E-state index contributed by atoms with van der Waals surface area (Å²) in [5, 5.41) is 0. The number of hydrogen-bond donors (Lipinski definition) is 2. The fourth-order valence-corrected chi connectivity index (χ4v) is 1.000. The Hall–Kier alpha value is -0.380. The number of ether oxygens (including phenoxy) is 1. The van der Waals surface area contributed by atoms with Gasteiger partial charge in [0.25, 0.3) is 0 Å². The van der Waals surface area contributed by atoms with E-state index in [9.17, 15) is 0 Å². The van der Waals surface area contributed by atoms with Crippen LogP contribution >= 0.6 is 0 Å². The summed E-state index contributed by atoms with van der Waals surface area (Å²) in [5.41, 5.74) is 2.77. The van der Waals surface area contributed by atoms with E-state index >= 15 is 0 Å². The van der Waals surface area contributed by atoms with Crippen LogP contribution in [-0.2, 0) is 4.74 Å². The minimum absolute atomic E-state index is 0.356. The van der Waals surface area contributed by atoms with Crippen molar-refractivity contribution >= 4 is 0 Å². The smallest absolute Gasteiger partial charge is 0.0481 e. The SMILES string of the molecule is C=CCCC(CCOCC)NN. The van der Waals surface area contributed by atoms with Crippen LogP contribution in [0, 0.1) is 0 Å². The van der Waals surface area contributed by atoms with Crippen molar-refractivity contribution in [2.75, 3.05) is 13.2 Å². The van der Waals surface area contributed by atoms with Gasteiger partial charge in [-0.1, -0.05) is 6.08 Å². The molecule has 0 rings (SSSR count). The Morgan fingerprint density at radius 2 is 2.33 bits per heavy atom. The number of nitrogens with one attached hydrogen (secondary N) is 1. The molecule has 72 valence electrons. The summed E-state index contributed by atoms with van der Waals surface area (Å²) in [6.45, 7) is 7.22. The van der Waals surface area contributed by atoms with Gasteiger partial charge in [0.15, 0.2) is 0 Å². The first-order valence-corrected chi connectivity index (χ1v) is 4.49. The van der Waals surface area contributed by atoms with Gasteiger partial charge in [0, 0.05) is 19.3 Å². The van der Waals surface area contributed by atoms with E-state index in [-0.39, 0.29) is 0 Å². The summed E-state index contributed by atoms with van der Waals surface area (Å²) in [7, 11) is 0. The zero-order valence-corrected chi connectivity index (χ0v) is 7.88. The maximum atomic E-state index is 5.36. The molecule has 0 heterocycles. The molecule has 0 aromatic rings. The molecule has 0 saturated heterocycles. The monoisotopic (exact) mass is 172 g/mol. The molecular formula is C9H20N2O. The average molecular weight is 172 g/mol. The summed E-state index contributed by atoms with van der Waals surface area (Å²) >= 11 is 0. The summed E-state index contributed by atoms with van der Waals surface area (Å²) < 4.78 is 5.22. The van der Waals surface area contributed by atoms with E-state index in [0.717, 1.165) is 32.5 Å². The Morgan fingerprint density at radius 1 is 1.58 bits per heavy atom. The lowest BCUT2D eigenvalue weighted by Crippen LogP contribution is -2.35. The van der Waals surface area contributed by atoms with Gasteiger partial charge in [-0.3, -0.25) is 11.3 Å². The molecule has 3 N–H and O–H groups in total. The van der Waals surface area contributed by atoms with Crippen molar-refractivity contribution in [1.82, 2.24) is 5.43 Å². The second-order valence-corrected chi connectivity index (χ2v) is 2.72. The van der Waals surface area contributed by atoms with Crippen molar-refractivity contribution in [3.8, 4) is 0 Å². The molecular weight excluding hydrogens is 152 g/mol. The van der Waals surface area contributed by atoms with E-state index in [4.69, 9.17) is 10.6 Å². The third-order valence-electron chi connectivity index (χ3n) is 1.77. The fourth-order valence-electron chi connectivity index (χ4n) is 1.000. The molecule has 0 aliphatic heterocycles. The first-order chi connectivity index (χ1) is 5.85. The van der Waals surface area contributed by atoms with Gasteiger partial charge in [-0.25, -0.2) is 0 Å². The van der Waals surface area contributed by atoms with Gasteiger partial charge < -0.3 is 4.74 Å². The topological polar surface area (TPSA) is 47.3 Å². The lowest BCUT2D eigenvalue weighted by atomic mass is 10.1. The lowest BCUT2D eigenvalue weighted by Gasteiger charge is -2.14. The molecule has 0 aromatic heterocycles. The van der Waals surface area contributed by atoms with Crippen LogP contribution in [0.25, 0.3) is 0 Å². The minimum Gasteiger partial charge on any atom is -0.382 e. The zero-order valence-electron chi connectivity index (χ0n) is 7.88. The highest BCUT2D eigenvalue weighted by Crippen LogP contribution is 2.01. The minimum atomic E-state index is 0.356. The summed E-state index contributed by atoms with van der Waals surface area (Å²) in [4.78, 5) is 0. The Balaban J connectivity index is 3.32. The molecule has 0 spiro atoms. The predicted molar refractivity (Wildman–Crippen MR) is 51.7 cm³/mol. The van der Waals surface area contributed by atoms with E-state index in [1.54, 1.807) is 0 Å². The molecule has 3 heteroatoms. The van der Waals surface area contributed by atoms with E-state index < -0.39 is 0 Å². The van der Waals surface area contributed by atoms with Crippen LogP contribution in [0.15, 0.2) is 12.7 Å². The number of rotatable bonds is 8. The van der Waals surface area contributed by atoms with Gasteiger partial charge in [-0.15, -0.1) is 6.58 Å². The molecule has 0 radical (unpaired) electrons. The highest BCUT2D eigenvalue weighted by molar-refractivity contribution is 4.72. The van der Waals surface area contributed by atoms with E-state index in [0.29, 0.717) is 6.04 Å². The number of hydrogen-bond acceptors (Lipinski definition) is 3. The molecule has 1 atom stereocenters. The summed E-state index contributed by atoms with van der Waals surface area (Å²) in [6.07, 6.45) is 4.91. The van der Waals surface area contributed by atoms with E-state index in [1.807, 2.05) is 13.0 Å². The number of allylic oxidation sites excluding steroid dienone is 1. The van der Waals surface area contributed by atoms with Crippen molar-refractivity contribution in [1.29, 1.82) is 0 Å².